The molecule has 0 aliphatic carbocycles. The van der Waals surface area contributed by atoms with Crippen LogP contribution in [0, 0.1) is 0 Å². The van der Waals surface area contributed by atoms with Gasteiger partial charge < -0.3 is 13.9 Å². The summed E-state index contributed by atoms with van der Waals surface area (Å²) in [5.41, 5.74) is -0.579. The van der Waals surface area contributed by atoms with Crippen molar-refractivity contribution in [3.05, 3.63) is 12.2 Å². The summed E-state index contributed by atoms with van der Waals surface area (Å²) >= 11 is 0. The predicted octanol–water partition coefficient (Wildman–Crippen LogP) is 4.51. The third-order valence-electron chi connectivity index (χ3n) is 4.99. The first-order valence-corrected chi connectivity index (χ1v) is 12.6. The molecule has 1 rings (SSSR count). The molecule has 0 aromatic rings. The minimum absolute atomic E-state index is 0.0573. The molecule has 0 radical (unpaired) electrons. The Morgan fingerprint density at radius 3 is 2.22 bits per heavy atom. The predicted molar refractivity (Wildman–Crippen MR) is 109 cm³/mol. The van der Waals surface area contributed by atoms with Crippen molar-refractivity contribution >= 4 is 20.4 Å². The number of esters is 1. The number of amides is 1. The van der Waals surface area contributed by atoms with E-state index in [1.54, 1.807) is 17.9 Å². The lowest BCUT2D eigenvalue weighted by Gasteiger charge is -2.40. The van der Waals surface area contributed by atoms with Gasteiger partial charge in [0.25, 0.3) is 0 Å². The molecule has 0 saturated carbocycles. The van der Waals surface area contributed by atoms with Crippen molar-refractivity contribution < 1.29 is 23.5 Å². The summed E-state index contributed by atoms with van der Waals surface area (Å²) in [6.45, 7) is 19.1. The van der Waals surface area contributed by atoms with E-state index in [4.69, 9.17) is 13.9 Å². The Hall–Kier alpha value is -1.34. The molecule has 0 spiro atoms. The Labute approximate surface area is 165 Å². The van der Waals surface area contributed by atoms with Gasteiger partial charge >= 0.3 is 12.1 Å². The van der Waals surface area contributed by atoms with Crippen molar-refractivity contribution in [2.45, 2.75) is 90.8 Å². The molecule has 0 N–H and O–H groups in total. The Balaban J connectivity index is 3.05. The summed E-state index contributed by atoms with van der Waals surface area (Å²) in [5, 5.41) is 0.0573. The van der Waals surface area contributed by atoms with Crippen LogP contribution in [0.2, 0.25) is 18.1 Å². The first-order valence-electron chi connectivity index (χ1n) is 9.70. The molecule has 1 aliphatic rings. The average Bonchev–Trinajstić information content (AvgIpc) is 2.84. The van der Waals surface area contributed by atoms with Crippen molar-refractivity contribution in [2.75, 3.05) is 13.2 Å². The Morgan fingerprint density at radius 2 is 1.74 bits per heavy atom. The van der Waals surface area contributed by atoms with Crippen LogP contribution in [0.4, 0.5) is 4.79 Å². The van der Waals surface area contributed by atoms with E-state index in [0.717, 1.165) is 0 Å². The van der Waals surface area contributed by atoms with Crippen molar-refractivity contribution in [1.29, 1.82) is 0 Å². The third kappa shape index (κ3) is 6.96. The van der Waals surface area contributed by atoms with Gasteiger partial charge in [-0.05, 0) is 52.2 Å². The van der Waals surface area contributed by atoms with Gasteiger partial charge in [0.1, 0.15) is 5.60 Å². The fraction of sp³-hybridized carbons (Fsp3) is 0.800. The highest BCUT2D eigenvalue weighted by Crippen LogP contribution is 2.39. The van der Waals surface area contributed by atoms with Gasteiger partial charge in [0.2, 0.25) is 0 Å². The van der Waals surface area contributed by atoms with Crippen LogP contribution in [0.15, 0.2) is 12.2 Å². The van der Waals surface area contributed by atoms with Crippen LogP contribution < -0.4 is 0 Å². The van der Waals surface area contributed by atoms with Crippen molar-refractivity contribution in [3.8, 4) is 0 Å². The molecule has 1 amide bonds. The highest BCUT2D eigenvalue weighted by molar-refractivity contribution is 6.74. The van der Waals surface area contributed by atoms with Crippen LogP contribution in [0.25, 0.3) is 0 Å². The first kappa shape index (κ1) is 23.7. The van der Waals surface area contributed by atoms with Crippen LogP contribution >= 0.6 is 0 Å². The standard InChI is InChI=1S/C20H37NO5Si/c1-10-24-17(22)12-11-15-16(26-27(8,9)20(5,6)7)13-14-21(15)18(23)25-19(2,3)4/h11-12,15-16H,10,13-14H2,1-9H3/b12-11+. The highest BCUT2D eigenvalue weighted by atomic mass is 28.4. The van der Waals surface area contributed by atoms with E-state index in [9.17, 15) is 9.59 Å². The van der Waals surface area contributed by atoms with Crippen LogP contribution in [0.3, 0.4) is 0 Å². The summed E-state index contributed by atoms with van der Waals surface area (Å²) in [5.74, 6) is -0.417. The lowest BCUT2D eigenvalue weighted by atomic mass is 10.1. The highest BCUT2D eigenvalue weighted by Gasteiger charge is 2.45. The van der Waals surface area contributed by atoms with Gasteiger partial charge in [0.15, 0.2) is 8.32 Å². The van der Waals surface area contributed by atoms with Crippen LogP contribution in [0.5, 0.6) is 0 Å². The van der Waals surface area contributed by atoms with E-state index in [1.165, 1.54) is 6.08 Å². The van der Waals surface area contributed by atoms with Gasteiger partial charge in [0.05, 0.1) is 18.8 Å². The number of rotatable bonds is 5. The SMILES string of the molecule is CCOC(=O)/C=C/C1C(O[Si](C)(C)C(C)(C)C)CCN1C(=O)OC(C)(C)C. The number of likely N-dealkylation sites (tertiary alicyclic amines) is 1. The first-order chi connectivity index (χ1) is 12.2. The molecular weight excluding hydrogens is 362 g/mol. The van der Waals surface area contributed by atoms with Crippen LogP contribution in [-0.2, 0) is 18.7 Å². The van der Waals surface area contributed by atoms with E-state index >= 15 is 0 Å². The van der Waals surface area contributed by atoms with Gasteiger partial charge in [-0.25, -0.2) is 9.59 Å². The van der Waals surface area contributed by atoms with Crippen molar-refractivity contribution in [1.82, 2.24) is 4.90 Å². The number of carbonyl (C=O) groups excluding carboxylic acids is 2. The van der Waals surface area contributed by atoms with Crippen molar-refractivity contribution in [2.24, 2.45) is 0 Å². The molecule has 6 nitrogen and oxygen atoms in total. The van der Waals surface area contributed by atoms with Gasteiger partial charge in [-0.1, -0.05) is 26.8 Å². The smallest absolute Gasteiger partial charge is 0.410 e. The Kier molecular flexibility index (Phi) is 7.70. The quantitative estimate of drug-likeness (QED) is 0.387. The average molecular weight is 400 g/mol. The third-order valence-corrected chi connectivity index (χ3v) is 9.50. The fourth-order valence-electron chi connectivity index (χ4n) is 2.60. The molecule has 0 aromatic heterocycles. The molecule has 2 atom stereocenters. The van der Waals surface area contributed by atoms with E-state index in [2.05, 4.69) is 33.9 Å². The second kappa shape index (κ2) is 8.77. The summed E-state index contributed by atoms with van der Waals surface area (Å²) < 4.78 is 17.1. The second-order valence-electron chi connectivity index (χ2n) is 9.48. The zero-order chi connectivity index (χ0) is 21.0. The molecular formula is C20H37NO5Si. The van der Waals surface area contributed by atoms with Crippen LogP contribution in [0.1, 0.15) is 54.9 Å². The molecule has 1 aliphatic heterocycles. The Bertz CT molecular complexity index is 560. The number of carbonyl (C=O) groups is 2. The van der Waals surface area contributed by atoms with Gasteiger partial charge in [-0.2, -0.15) is 0 Å². The maximum atomic E-state index is 12.7. The van der Waals surface area contributed by atoms with Crippen LogP contribution in [-0.4, -0.2) is 56.2 Å². The minimum Gasteiger partial charge on any atom is -0.463 e. The molecule has 1 saturated heterocycles. The molecule has 27 heavy (non-hydrogen) atoms. The molecule has 1 heterocycles. The van der Waals surface area contributed by atoms with Gasteiger partial charge in [-0.3, -0.25) is 4.90 Å². The molecule has 2 unspecified atom stereocenters. The largest absolute Gasteiger partial charge is 0.463 e. The minimum atomic E-state index is -2.02. The molecule has 1 fully saturated rings. The molecule has 7 heteroatoms. The van der Waals surface area contributed by atoms with Gasteiger partial charge in [0, 0.05) is 12.6 Å². The Morgan fingerprint density at radius 1 is 1.15 bits per heavy atom. The molecule has 156 valence electrons. The lowest BCUT2D eigenvalue weighted by molar-refractivity contribution is -0.137. The summed E-state index contributed by atoms with van der Waals surface area (Å²) in [6.07, 6.45) is 3.27. The fourth-order valence-corrected chi connectivity index (χ4v) is 3.97. The summed E-state index contributed by atoms with van der Waals surface area (Å²) in [6, 6.07) is -0.349. The van der Waals surface area contributed by atoms with E-state index in [1.807, 2.05) is 20.8 Å². The summed E-state index contributed by atoms with van der Waals surface area (Å²) in [7, 11) is -2.02. The lowest BCUT2D eigenvalue weighted by Crippen LogP contribution is -2.48. The monoisotopic (exact) mass is 399 g/mol. The normalized spacial score (nSPS) is 21.6. The number of hydrogen-bond acceptors (Lipinski definition) is 5. The van der Waals surface area contributed by atoms with Crippen molar-refractivity contribution in [3.63, 3.8) is 0 Å². The topological polar surface area (TPSA) is 65.1 Å². The number of nitrogens with zero attached hydrogens (tertiary/aromatic N) is 1. The maximum absolute atomic E-state index is 12.7. The zero-order valence-electron chi connectivity index (χ0n) is 18.4. The maximum Gasteiger partial charge on any atom is 0.410 e. The molecule has 0 aromatic carbocycles. The van der Waals surface area contributed by atoms with E-state index < -0.39 is 19.9 Å². The number of ether oxygens (including phenoxy) is 2. The van der Waals surface area contributed by atoms with Gasteiger partial charge in [-0.15, -0.1) is 0 Å². The van der Waals surface area contributed by atoms with E-state index in [0.29, 0.717) is 19.6 Å². The molecule has 0 bridgehead atoms. The second-order valence-corrected chi connectivity index (χ2v) is 14.2. The van der Waals surface area contributed by atoms with E-state index in [-0.39, 0.29) is 23.3 Å². The zero-order valence-corrected chi connectivity index (χ0v) is 19.4. The summed E-state index contributed by atoms with van der Waals surface area (Å²) in [4.78, 5) is 26.1. The number of hydrogen-bond donors (Lipinski definition) is 0.